The number of hydrogen-bond acceptors (Lipinski definition) is 1. The van der Waals surface area contributed by atoms with Crippen molar-refractivity contribution in [2.75, 3.05) is 6.67 Å². The zero-order valence-corrected chi connectivity index (χ0v) is 9.22. The second kappa shape index (κ2) is 5.71. The molecule has 4 heteroatoms. The van der Waals surface area contributed by atoms with Gasteiger partial charge in [-0.3, -0.25) is 4.79 Å². The molecule has 0 fully saturated rings. The first-order chi connectivity index (χ1) is 7.17. The highest BCUT2D eigenvalue weighted by molar-refractivity contribution is 6.17. The molecule has 0 aromatic heterocycles. The SMILES string of the molecule is CC(=O)NC(CF)c1ccc(CCl)cc1. The summed E-state index contributed by atoms with van der Waals surface area (Å²) in [5, 5.41) is 2.54. The van der Waals surface area contributed by atoms with Gasteiger partial charge in [-0.1, -0.05) is 24.3 Å². The van der Waals surface area contributed by atoms with Crippen molar-refractivity contribution < 1.29 is 9.18 Å². The molecule has 1 aromatic carbocycles. The van der Waals surface area contributed by atoms with E-state index in [0.29, 0.717) is 5.88 Å². The Balaban J connectivity index is 2.78. The zero-order chi connectivity index (χ0) is 11.3. The maximum Gasteiger partial charge on any atom is 0.217 e. The fraction of sp³-hybridized carbons (Fsp3) is 0.364. The topological polar surface area (TPSA) is 29.1 Å². The van der Waals surface area contributed by atoms with Gasteiger partial charge in [-0.2, -0.15) is 0 Å². The van der Waals surface area contributed by atoms with Gasteiger partial charge in [0, 0.05) is 12.8 Å². The van der Waals surface area contributed by atoms with Gasteiger partial charge < -0.3 is 5.32 Å². The predicted octanol–water partition coefficient (Wildman–Crippen LogP) is 2.57. The Morgan fingerprint density at radius 3 is 2.47 bits per heavy atom. The lowest BCUT2D eigenvalue weighted by atomic mass is 10.1. The van der Waals surface area contributed by atoms with Crippen LogP contribution in [0.5, 0.6) is 0 Å². The number of nitrogens with one attached hydrogen (secondary N) is 1. The van der Waals surface area contributed by atoms with E-state index in [0.717, 1.165) is 11.1 Å². The number of rotatable bonds is 4. The first-order valence-electron chi connectivity index (χ1n) is 4.65. The van der Waals surface area contributed by atoms with Crippen molar-refractivity contribution in [3.05, 3.63) is 35.4 Å². The average molecular weight is 230 g/mol. The van der Waals surface area contributed by atoms with E-state index in [1.54, 1.807) is 12.1 Å². The summed E-state index contributed by atoms with van der Waals surface area (Å²) in [7, 11) is 0. The van der Waals surface area contributed by atoms with E-state index in [2.05, 4.69) is 5.32 Å². The van der Waals surface area contributed by atoms with Gasteiger partial charge in [0.1, 0.15) is 6.67 Å². The molecule has 0 aliphatic carbocycles. The van der Waals surface area contributed by atoms with Gasteiger partial charge >= 0.3 is 0 Å². The number of halogens is 2. The van der Waals surface area contributed by atoms with Gasteiger partial charge in [0.05, 0.1) is 6.04 Å². The van der Waals surface area contributed by atoms with Crippen LogP contribution in [0, 0.1) is 0 Å². The van der Waals surface area contributed by atoms with Crippen molar-refractivity contribution in [1.82, 2.24) is 5.32 Å². The number of benzene rings is 1. The lowest BCUT2D eigenvalue weighted by Gasteiger charge is -2.14. The Kier molecular flexibility index (Phi) is 4.56. The quantitative estimate of drug-likeness (QED) is 0.790. The van der Waals surface area contributed by atoms with Crippen LogP contribution >= 0.6 is 11.6 Å². The van der Waals surface area contributed by atoms with Crippen LogP contribution in [0.4, 0.5) is 4.39 Å². The molecule has 0 saturated heterocycles. The summed E-state index contributed by atoms with van der Waals surface area (Å²) < 4.78 is 12.6. The Morgan fingerprint density at radius 2 is 2.07 bits per heavy atom. The van der Waals surface area contributed by atoms with Gasteiger partial charge in [-0.25, -0.2) is 4.39 Å². The minimum absolute atomic E-state index is 0.237. The Bertz CT molecular complexity index is 326. The third-order valence-electron chi connectivity index (χ3n) is 2.07. The van der Waals surface area contributed by atoms with Crippen LogP contribution in [0.15, 0.2) is 24.3 Å². The molecular weight excluding hydrogens is 217 g/mol. The Morgan fingerprint density at radius 1 is 1.47 bits per heavy atom. The minimum atomic E-state index is -0.611. The molecule has 15 heavy (non-hydrogen) atoms. The molecular formula is C11H13ClFNO. The molecule has 0 bridgehead atoms. The van der Waals surface area contributed by atoms with Crippen LogP contribution in [-0.4, -0.2) is 12.6 Å². The van der Waals surface area contributed by atoms with Crippen molar-refractivity contribution >= 4 is 17.5 Å². The Hall–Kier alpha value is -1.09. The molecule has 1 atom stereocenters. The van der Waals surface area contributed by atoms with Gasteiger partial charge in [-0.15, -0.1) is 11.6 Å². The van der Waals surface area contributed by atoms with E-state index in [1.165, 1.54) is 6.92 Å². The summed E-state index contributed by atoms with van der Waals surface area (Å²) >= 11 is 5.63. The van der Waals surface area contributed by atoms with Crippen molar-refractivity contribution in [3.63, 3.8) is 0 Å². The summed E-state index contributed by atoms with van der Waals surface area (Å²) in [5.41, 5.74) is 1.72. The van der Waals surface area contributed by atoms with Crippen molar-refractivity contribution in [2.24, 2.45) is 0 Å². The molecule has 0 spiro atoms. The molecule has 0 saturated carbocycles. The third kappa shape index (κ3) is 3.51. The third-order valence-corrected chi connectivity index (χ3v) is 2.38. The molecule has 0 heterocycles. The molecule has 1 aromatic rings. The van der Waals surface area contributed by atoms with Crippen molar-refractivity contribution in [3.8, 4) is 0 Å². The highest BCUT2D eigenvalue weighted by atomic mass is 35.5. The zero-order valence-electron chi connectivity index (χ0n) is 8.47. The van der Waals surface area contributed by atoms with Crippen LogP contribution in [-0.2, 0) is 10.7 Å². The first kappa shape index (κ1) is 12.0. The number of amides is 1. The largest absolute Gasteiger partial charge is 0.347 e. The number of alkyl halides is 2. The smallest absolute Gasteiger partial charge is 0.217 e. The van der Waals surface area contributed by atoms with Crippen molar-refractivity contribution in [1.29, 1.82) is 0 Å². The van der Waals surface area contributed by atoms with Gasteiger partial charge in [0.15, 0.2) is 0 Å². The molecule has 0 aliphatic rings. The lowest BCUT2D eigenvalue weighted by Crippen LogP contribution is -2.27. The van der Waals surface area contributed by atoms with Crippen LogP contribution in [0.2, 0.25) is 0 Å². The summed E-state index contributed by atoms with van der Waals surface area (Å²) in [6.45, 7) is 0.760. The van der Waals surface area contributed by atoms with Crippen LogP contribution < -0.4 is 5.32 Å². The first-order valence-corrected chi connectivity index (χ1v) is 5.18. The molecule has 82 valence electrons. The van der Waals surface area contributed by atoms with E-state index >= 15 is 0 Å². The van der Waals surface area contributed by atoms with E-state index in [1.807, 2.05) is 12.1 Å². The summed E-state index contributed by atoms with van der Waals surface area (Å²) in [6, 6.07) is 6.64. The summed E-state index contributed by atoms with van der Waals surface area (Å²) in [6.07, 6.45) is 0. The standard InChI is InChI=1S/C11H13ClFNO/c1-8(15)14-11(7-13)10-4-2-9(6-12)3-5-10/h2-5,11H,6-7H2,1H3,(H,14,15). The highest BCUT2D eigenvalue weighted by Gasteiger charge is 2.11. The van der Waals surface area contributed by atoms with Gasteiger partial charge in [-0.05, 0) is 11.1 Å². The normalized spacial score (nSPS) is 12.2. The number of hydrogen-bond donors (Lipinski definition) is 1. The van der Waals surface area contributed by atoms with Gasteiger partial charge in [0.2, 0.25) is 5.91 Å². The van der Waals surface area contributed by atoms with E-state index < -0.39 is 12.7 Å². The van der Waals surface area contributed by atoms with E-state index in [4.69, 9.17) is 11.6 Å². The number of carbonyl (C=O) groups is 1. The monoisotopic (exact) mass is 229 g/mol. The maximum absolute atomic E-state index is 12.6. The fourth-order valence-corrected chi connectivity index (χ4v) is 1.47. The molecule has 1 amide bonds. The second-order valence-electron chi connectivity index (χ2n) is 3.28. The van der Waals surface area contributed by atoms with Crippen molar-refractivity contribution in [2.45, 2.75) is 18.8 Å². The molecule has 1 rings (SSSR count). The van der Waals surface area contributed by atoms with Gasteiger partial charge in [0.25, 0.3) is 0 Å². The average Bonchev–Trinajstić information content (AvgIpc) is 2.26. The van der Waals surface area contributed by atoms with Crippen LogP contribution in [0.25, 0.3) is 0 Å². The Labute approximate surface area is 93.4 Å². The molecule has 0 aliphatic heterocycles. The highest BCUT2D eigenvalue weighted by Crippen LogP contribution is 2.15. The summed E-state index contributed by atoms with van der Waals surface area (Å²) in [4.78, 5) is 10.8. The summed E-state index contributed by atoms with van der Waals surface area (Å²) in [5.74, 6) is 0.194. The number of carbonyl (C=O) groups excluding carboxylic acids is 1. The molecule has 0 radical (unpaired) electrons. The second-order valence-corrected chi connectivity index (χ2v) is 3.55. The lowest BCUT2D eigenvalue weighted by molar-refractivity contribution is -0.119. The van der Waals surface area contributed by atoms with Crippen LogP contribution in [0.3, 0.4) is 0 Å². The van der Waals surface area contributed by atoms with Crippen LogP contribution in [0.1, 0.15) is 24.1 Å². The van der Waals surface area contributed by atoms with E-state index in [-0.39, 0.29) is 5.91 Å². The predicted molar refractivity (Wildman–Crippen MR) is 58.5 cm³/mol. The fourth-order valence-electron chi connectivity index (χ4n) is 1.30. The minimum Gasteiger partial charge on any atom is -0.347 e. The molecule has 1 N–H and O–H groups in total. The van der Waals surface area contributed by atoms with E-state index in [9.17, 15) is 9.18 Å². The molecule has 2 nitrogen and oxygen atoms in total. The maximum atomic E-state index is 12.6. The molecule has 1 unspecified atom stereocenters.